The first-order valence-electron chi connectivity index (χ1n) is 11.1. The lowest BCUT2D eigenvalue weighted by Crippen LogP contribution is -2.29. The monoisotopic (exact) mass is 539 g/mol. The summed E-state index contributed by atoms with van der Waals surface area (Å²) >= 11 is 13.7. The van der Waals surface area contributed by atoms with E-state index < -0.39 is 0 Å². The van der Waals surface area contributed by atoms with Gasteiger partial charge in [-0.3, -0.25) is 14.7 Å². The van der Waals surface area contributed by atoms with Crippen molar-refractivity contribution in [1.82, 2.24) is 9.88 Å². The second-order valence-electron chi connectivity index (χ2n) is 7.56. The van der Waals surface area contributed by atoms with Gasteiger partial charge >= 0.3 is 0 Å². The number of hydrogen-bond acceptors (Lipinski definition) is 6. The van der Waals surface area contributed by atoms with E-state index in [4.69, 9.17) is 32.7 Å². The van der Waals surface area contributed by atoms with E-state index in [1.54, 1.807) is 29.3 Å². The molecule has 4 rings (SSSR count). The summed E-state index contributed by atoms with van der Waals surface area (Å²) in [4.78, 5) is 23.8. The zero-order valence-electron chi connectivity index (χ0n) is 19.5. The maximum absolute atomic E-state index is 13.1. The molecule has 1 aliphatic heterocycles. The molecule has 0 saturated carbocycles. The highest BCUT2D eigenvalue weighted by molar-refractivity contribution is 8.18. The molecule has 1 aromatic heterocycles. The number of carbonyl (C=O) groups is 1. The molecule has 0 spiro atoms. The fraction of sp³-hybridized carbons (Fsp3) is 0.148. The van der Waals surface area contributed by atoms with Crippen LogP contribution in [0.25, 0.3) is 6.08 Å². The first kappa shape index (κ1) is 25.8. The molecular formula is C27H23Cl2N3O3S. The van der Waals surface area contributed by atoms with Gasteiger partial charge in [-0.05, 0) is 54.6 Å². The average Bonchev–Trinajstić information content (AvgIpc) is 3.15. The molecule has 1 saturated heterocycles. The number of amides is 1. The van der Waals surface area contributed by atoms with Crippen LogP contribution >= 0.6 is 35.0 Å². The van der Waals surface area contributed by atoms with Crippen molar-refractivity contribution < 1.29 is 14.3 Å². The Morgan fingerprint density at radius 2 is 1.94 bits per heavy atom. The van der Waals surface area contributed by atoms with E-state index in [0.717, 1.165) is 11.1 Å². The molecule has 3 aromatic rings. The molecule has 184 valence electrons. The van der Waals surface area contributed by atoms with Crippen LogP contribution in [0.2, 0.25) is 10.0 Å². The smallest absolute Gasteiger partial charge is 0.267 e. The Morgan fingerprint density at radius 1 is 1.11 bits per heavy atom. The second kappa shape index (κ2) is 12.1. The predicted octanol–water partition coefficient (Wildman–Crippen LogP) is 7.16. The SMILES string of the molecule is C=CCN1C(=O)/C(=C/c2ccc(OCc3ccccc3Cl)c(OCC)c2)SC1=Nc1ccncc1Cl. The highest BCUT2D eigenvalue weighted by atomic mass is 35.5. The van der Waals surface area contributed by atoms with Gasteiger partial charge in [-0.1, -0.05) is 53.5 Å². The molecular weight excluding hydrogens is 517 g/mol. The summed E-state index contributed by atoms with van der Waals surface area (Å²) in [5.41, 5.74) is 2.21. The van der Waals surface area contributed by atoms with Crippen LogP contribution in [0.15, 0.2) is 83.5 Å². The van der Waals surface area contributed by atoms with Crippen LogP contribution in [0, 0.1) is 0 Å². The Balaban J connectivity index is 1.60. The first-order chi connectivity index (χ1) is 17.5. The molecule has 0 unspecified atom stereocenters. The lowest BCUT2D eigenvalue weighted by molar-refractivity contribution is -0.121. The third-order valence-electron chi connectivity index (χ3n) is 5.07. The molecule has 1 fully saturated rings. The highest BCUT2D eigenvalue weighted by Gasteiger charge is 2.32. The minimum Gasteiger partial charge on any atom is -0.490 e. The summed E-state index contributed by atoms with van der Waals surface area (Å²) < 4.78 is 11.8. The van der Waals surface area contributed by atoms with E-state index in [1.807, 2.05) is 49.4 Å². The van der Waals surface area contributed by atoms with Crippen molar-refractivity contribution in [2.75, 3.05) is 13.2 Å². The van der Waals surface area contributed by atoms with Crippen LogP contribution in [-0.4, -0.2) is 34.1 Å². The van der Waals surface area contributed by atoms with Crippen molar-refractivity contribution in [2.45, 2.75) is 13.5 Å². The number of carbonyl (C=O) groups excluding carboxylic acids is 1. The summed E-state index contributed by atoms with van der Waals surface area (Å²) in [6, 6.07) is 14.8. The third kappa shape index (κ3) is 6.10. The molecule has 36 heavy (non-hydrogen) atoms. The van der Waals surface area contributed by atoms with Crippen LogP contribution in [0.4, 0.5) is 5.69 Å². The number of rotatable bonds is 9. The molecule has 0 atom stereocenters. The highest BCUT2D eigenvalue weighted by Crippen LogP contribution is 2.37. The van der Waals surface area contributed by atoms with E-state index in [2.05, 4.69) is 16.6 Å². The number of pyridine rings is 1. The van der Waals surface area contributed by atoms with Crippen LogP contribution < -0.4 is 9.47 Å². The standard InChI is InChI=1S/C27H23Cl2N3O3S/c1-3-13-32-26(33)25(36-27(32)31-22-11-12-30-16-21(22)29)15-18-9-10-23(24(14-18)34-4-2)35-17-19-7-5-6-8-20(19)28/h3,5-12,14-16H,1,4,13,17H2,2H3/b25-15-,31-27?. The first-order valence-corrected chi connectivity index (χ1v) is 12.7. The second-order valence-corrected chi connectivity index (χ2v) is 9.38. The number of benzene rings is 2. The molecule has 6 nitrogen and oxygen atoms in total. The quantitative estimate of drug-likeness (QED) is 0.213. The summed E-state index contributed by atoms with van der Waals surface area (Å²) in [6.07, 6.45) is 6.58. The zero-order chi connectivity index (χ0) is 25.5. The van der Waals surface area contributed by atoms with E-state index in [1.165, 1.54) is 18.0 Å². The lowest BCUT2D eigenvalue weighted by Gasteiger charge is -2.13. The minimum absolute atomic E-state index is 0.166. The van der Waals surface area contributed by atoms with Crippen LogP contribution in [0.3, 0.4) is 0 Å². The van der Waals surface area contributed by atoms with E-state index in [9.17, 15) is 4.79 Å². The molecule has 9 heteroatoms. The van der Waals surface area contributed by atoms with Gasteiger partial charge < -0.3 is 9.47 Å². The Kier molecular flexibility index (Phi) is 8.70. The van der Waals surface area contributed by atoms with Gasteiger partial charge in [0.25, 0.3) is 5.91 Å². The number of ether oxygens (including phenoxy) is 2. The van der Waals surface area contributed by atoms with E-state index in [0.29, 0.717) is 57.1 Å². The summed E-state index contributed by atoms with van der Waals surface area (Å²) in [5, 5.41) is 1.56. The Morgan fingerprint density at radius 3 is 2.69 bits per heavy atom. The largest absolute Gasteiger partial charge is 0.490 e. The average molecular weight is 540 g/mol. The number of halogens is 2. The summed E-state index contributed by atoms with van der Waals surface area (Å²) in [5.74, 6) is 1.00. The molecule has 2 aromatic carbocycles. The Labute approximate surface area is 224 Å². The Hall–Kier alpha value is -3.26. The number of aliphatic imine (C=N–C) groups is 1. The number of aromatic nitrogens is 1. The number of nitrogens with zero attached hydrogens (tertiary/aromatic N) is 3. The van der Waals surface area contributed by atoms with Crippen molar-refractivity contribution >= 4 is 57.8 Å². The van der Waals surface area contributed by atoms with Crippen molar-refractivity contribution in [2.24, 2.45) is 4.99 Å². The number of hydrogen-bond donors (Lipinski definition) is 0. The molecule has 0 radical (unpaired) electrons. The van der Waals surface area contributed by atoms with E-state index in [-0.39, 0.29) is 5.91 Å². The van der Waals surface area contributed by atoms with E-state index >= 15 is 0 Å². The van der Waals surface area contributed by atoms with Gasteiger partial charge in [0.2, 0.25) is 0 Å². The topological polar surface area (TPSA) is 64.0 Å². The molecule has 0 bridgehead atoms. The van der Waals surface area contributed by atoms with Gasteiger partial charge in [-0.25, -0.2) is 4.99 Å². The van der Waals surface area contributed by atoms with Gasteiger partial charge in [0.1, 0.15) is 6.61 Å². The predicted molar refractivity (Wildman–Crippen MR) is 147 cm³/mol. The fourth-order valence-electron chi connectivity index (χ4n) is 3.37. The third-order valence-corrected chi connectivity index (χ3v) is 6.74. The lowest BCUT2D eigenvalue weighted by atomic mass is 10.1. The normalized spacial score (nSPS) is 15.5. The van der Waals surface area contributed by atoms with Crippen molar-refractivity contribution in [3.05, 3.63) is 99.7 Å². The Bertz CT molecular complexity index is 1340. The summed E-state index contributed by atoms with van der Waals surface area (Å²) in [6.45, 7) is 6.76. The van der Waals surface area contributed by atoms with Gasteiger partial charge in [0.05, 0.1) is 22.2 Å². The van der Waals surface area contributed by atoms with Crippen LogP contribution in [-0.2, 0) is 11.4 Å². The number of amidine groups is 1. The van der Waals surface area contributed by atoms with Crippen LogP contribution in [0.5, 0.6) is 11.5 Å². The van der Waals surface area contributed by atoms with Gasteiger partial charge in [-0.2, -0.15) is 0 Å². The molecule has 0 aliphatic carbocycles. The van der Waals surface area contributed by atoms with Gasteiger partial charge in [0.15, 0.2) is 16.7 Å². The van der Waals surface area contributed by atoms with Crippen LogP contribution in [0.1, 0.15) is 18.1 Å². The summed E-state index contributed by atoms with van der Waals surface area (Å²) in [7, 11) is 0. The fourth-order valence-corrected chi connectivity index (χ4v) is 4.72. The maximum Gasteiger partial charge on any atom is 0.267 e. The molecule has 0 N–H and O–H groups in total. The van der Waals surface area contributed by atoms with Crippen molar-refractivity contribution in [3.8, 4) is 11.5 Å². The van der Waals surface area contributed by atoms with Gasteiger partial charge in [0, 0.05) is 29.5 Å². The minimum atomic E-state index is -0.166. The number of thioether (sulfide) groups is 1. The molecule has 1 aliphatic rings. The van der Waals surface area contributed by atoms with Crippen molar-refractivity contribution in [3.63, 3.8) is 0 Å². The molecule has 1 amide bonds. The zero-order valence-corrected chi connectivity index (χ0v) is 21.8. The van der Waals surface area contributed by atoms with Crippen molar-refractivity contribution in [1.29, 1.82) is 0 Å². The molecule has 2 heterocycles. The maximum atomic E-state index is 13.1. The van der Waals surface area contributed by atoms with Gasteiger partial charge in [-0.15, -0.1) is 6.58 Å².